The van der Waals surface area contributed by atoms with Crippen molar-refractivity contribution in [1.82, 2.24) is 5.32 Å². The van der Waals surface area contributed by atoms with Crippen LogP contribution in [0.4, 0.5) is 0 Å². The van der Waals surface area contributed by atoms with E-state index >= 15 is 0 Å². The van der Waals surface area contributed by atoms with E-state index in [9.17, 15) is 37.4 Å². The Morgan fingerprint density at radius 3 is 1.75 bits per heavy atom. The average Bonchev–Trinajstić information content (AvgIpc) is 2.53. The standard InChI is InChI=1S/C6H13NO2.C5H13NO.C2H7NO3S.CH5O5P.2CH4/c1-4-7(2,3)5-6(8)9;1-6(2,3)4-5-7;1-3-2-7(4,5)6;2-1-6-7(3,4)5;;/h4-5H2,1-3H3;4-5H2,1-3H3;3H,2H2,1H3,(H,4,5,6);2H,1H2,(H2,3,4,5);2*1H4/p-2/i;1D;;;;. The van der Waals surface area contributed by atoms with Crippen molar-refractivity contribution in [3.8, 4) is 0 Å². The van der Waals surface area contributed by atoms with Crippen LogP contribution < -0.4 is 20.4 Å². The zero-order valence-corrected chi connectivity index (χ0v) is 20.0. The summed E-state index contributed by atoms with van der Waals surface area (Å²) >= 11 is 0. The normalized spacial score (nSPS) is 12.9. The Kier molecular flexibility index (Phi) is 28.7. The molecule has 0 saturated carbocycles. The molecule has 0 aromatic heterocycles. The van der Waals surface area contributed by atoms with Crippen molar-refractivity contribution < 1.29 is 62.3 Å². The van der Waals surface area contributed by atoms with Crippen LogP contribution in [0.3, 0.4) is 0 Å². The number of aliphatic carboxylic acids is 1. The van der Waals surface area contributed by atoms with Gasteiger partial charge in [0.15, 0.2) is 6.79 Å². The average molecular weight is 519 g/mol. The number of carbonyl (C=O) groups excluding carboxylic acids is 1. The molecule has 0 rings (SSSR count). The number of quaternary nitrogens is 2. The Balaban J connectivity index is -0.0000000726. The van der Waals surface area contributed by atoms with Gasteiger partial charge >= 0.3 is 0 Å². The summed E-state index contributed by atoms with van der Waals surface area (Å²) in [6, 6.07) is 0. The minimum Gasteiger partial charge on any atom is -0.850 e. The smallest absolute Gasteiger partial charge is 0.267 e. The van der Waals surface area contributed by atoms with E-state index in [1.807, 2.05) is 35.1 Å². The summed E-state index contributed by atoms with van der Waals surface area (Å²) in [5, 5.41) is 29.9. The van der Waals surface area contributed by atoms with E-state index in [1.54, 1.807) is 0 Å². The van der Waals surface area contributed by atoms with Crippen LogP contribution in [-0.4, -0.2) is 119 Å². The van der Waals surface area contributed by atoms with Gasteiger partial charge in [-0.1, -0.05) is 21.5 Å². The van der Waals surface area contributed by atoms with Crippen LogP contribution in [0.15, 0.2) is 0 Å². The number of nitrogens with zero attached hydrogens (tertiary/aromatic N) is 2. The van der Waals surface area contributed by atoms with E-state index < -0.39 is 36.6 Å². The number of likely N-dealkylation sites (N-methyl/N-ethyl adjacent to an activating group) is 2. The van der Waals surface area contributed by atoms with Crippen LogP contribution >= 0.6 is 7.82 Å². The number of phosphoric ester groups is 1. The molecule has 0 aromatic rings. The van der Waals surface area contributed by atoms with Gasteiger partial charge in [0.05, 0.1) is 61.5 Å². The minimum atomic E-state index is -4.67. The van der Waals surface area contributed by atoms with E-state index in [4.69, 9.17) is 11.4 Å². The molecule has 0 saturated heterocycles. The van der Waals surface area contributed by atoms with Crippen molar-refractivity contribution in [2.45, 2.75) is 21.8 Å². The van der Waals surface area contributed by atoms with Crippen molar-refractivity contribution >= 4 is 23.9 Å². The second-order valence-electron chi connectivity index (χ2n) is 6.93. The van der Waals surface area contributed by atoms with Crippen LogP contribution in [0.1, 0.15) is 23.1 Å². The largest absolute Gasteiger partial charge is 0.850 e. The number of aliphatic hydroxyl groups excluding tert-OH is 1. The molecule has 0 aliphatic heterocycles. The van der Waals surface area contributed by atoms with Crippen molar-refractivity contribution in [2.24, 2.45) is 0 Å². The molecule has 0 amide bonds. The number of nitrogens with one attached hydrogen (secondary N) is 1. The fourth-order valence-electron chi connectivity index (χ4n) is 0.958. The van der Waals surface area contributed by atoms with Crippen molar-refractivity contribution in [3.63, 3.8) is 0 Å². The minimum absolute atomic E-state index is 0. The van der Waals surface area contributed by atoms with Gasteiger partial charge in [-0.15, -0.1) is 0 Å². The predicted molar refractivity (Wildman–Crippen MR) is 115 cm³/mol. The first-order valence-corrected chi connectivity index (χ1v) is 11.4. The van der Waals surface area contributed by atoms with Crippen molar-refractivity contribution in [2.75, 3.05) is 81.2 Å². The maximum atomic E-state index is 10.0. The monoisotopic (exact) mass is 518 g/mol. The van der Waals surface area contributed by atoms with E-state index in [-0.39, 0.29) is 28.0 Å². The Morgan fingerprint density at radius 2 is 1.69 bits per heavy atom. The lowest BCUT2D eigenvalue weighted by atomic mass is 10.4. The van der Waals surface area contributed by atoms with Crippen molar-refractivity contribution in [1.29, 1.82) is 0 Å². The summed E-state index contributed by atoms with van der Waals surface area (Å²) in [5.74, 6) is -1.48. The molecule has 202 valence electrons. The molecule has 0 radical (unpaired) electrons. The molecule has 0 aliphatic carbocycles. The summed E-state index contributed by atoms with van der Waals surface area (Å²) in [6.07, 6.45) is 0. The number of hydrogen-bond acceptors (Lipinski definition) is 11. The number of phosphoric acid groups is 1. The lowest BCUT2D eigenvalue weighted by Gasteiger charge is -2.28. The number of carbonyl (C=O) groups is 1. The van der Waals surface area contributed by atoms with Gasteiger partial charge in [-0.05, 0) is 14.0 Å². The second-order valence-corrected chi connectivity index (χ2v) is 9.53. The maximum Gasteiger partial charge on any atom is 0.267 e. The van der Waals surface area contributed by atoms with Gasteiger partial charge in [0.25, 0.3) is 7.82 Å². The molecular formula is C16H44N3O11PS-2. The topological polar surface area (TPSA) is 222 Å². The molecule has 0 heterocycles. The van der Waals surface area contributed by atoms with Gasteiger partial charge in [-0.25, -0.2) is 8.42 Å². The van der Waals surface area contributed by atoms with E-state index in [0.29, 0.717) is 22.5 Å². The van der Waals surface area contributed by atoms with Gasteiger partial charge in [-0.2, -0.15) is 0 Å². The number of aliphatic hydroxyl groups is 1. The molecule has 1 unspecified atom stereocenters. The lowest BCUT2D eigenvalue weighted by molar-refractivity contribution is -0.882. The number of carboxylic acid groups (broad SMARTS) is 1. The first-order valence-electron chi connectivity index (χ1n) is 9.01. The summed E-state index contributed by atoms with van der Waals surface area (Å²) in [7, 11) is 0.465. The third kappa shape index (κ3) is 63.0. The van der Waals surface area contributed by atoms with Crippen LogP contribution in [-0.2, 0) is 24.0 Å². The molecule has 1 atom stereocenters. The molecule has 0 aromatic carbocycles. The third-order valence-electron chi connectivity index (χ3n) is 2.65. The van der Waals surface area contributed by atoms with Crippen LogP contribution in [0.25, 0.3) is 0 Å². The van der Waals surface area contributed by atoms with Gasteiger partial charge in [0.1, 0.15) is 16.7 Å². The molecule has 0 aliphatic rings. The Morgan fingerprint density at radius 1 is 1.25 bits per heavy atom. The van der Waals surface area contributed by atoms with Crippen LogP contribution in [0.5, 0.6) is 0 Å². The molecule has 32 heavy (non-hydrogen) atoms. The van der Waals surface area contributed by atoms with E-state index in [2.05, 4.69) is 9.84 Å². The summed E-state index contributed by atoms with van der Waals surface area (Å²) < 4.78 is 49.6. The number of hydrogen-bond donors (Lipinski definition) is 3. The van der Waals surface area contributed by atoms with E-state index in [1.165, 1.54) is 7.05 Å². The molecular weight excluding hydrogens is 473 g/mol. The van der Waals surface area contributed by atoms with Crippen LogP contribution in [0.2, 0.25) is 0 Å². The Labute approximate surface area is 195 Å². The summed E-state index contributed by atoms with van der Waals surface area (Å²) in [6.45, 7) is 2.32. The third-order valence-corrected chi connectivity index (χ3v) is 3.74. The summed E-state index contributed by atoms with van der Waals surface area (Å²) in [5.41, 5.74) is 0. The Hall–Kier alpha value is -0.710. The number of rotatable bonds is 9. The van der Waals surface area contributed by atoms with E-state index in [0.717, 1.165) is 6.54 Å². The first-order chi connectivity index (χ1) is 13.7. The van der Waals surface area contributed by atoms with Gasteiger partial charge in [-0.3, -0.25) is 9.09 Å². The highest BCUT2D eigenvalue weighted by molar-refractivity contribution is 7.85. The predicted octanol–water partition coefficient (Wildman–Crippen LogP) is -3.72. The highest BCUT2D eigenvalue weighted by Crippen LogP contribution is 2.28. The second kappa shape index (κ2) is 22.1. The maximum absolute atomic E-state index is 10.0. The lowest BCUT2D eigenvalue weighted by Crippen LogP contribution is -2.47. The Bertz CT molecular complexity index is 603. The van der Waals surface area contributed by atoms with Gasteiger partial charge in [0, 0.05) is 0 Å². The molecule has 16 heteroatoms. The molecule has 0 fully saturated rings. The first kappa shape index (κ1) is 41.5. The molecule has 0 bridgehead atoms. The van der Waals surface area contributed by atoms with Crippen molar-refractivity contribution in [3.05, 3.63) is 0 Å². The molecule has 14 nitrogen and oxygen atoms in total. The molecule has 3 N–H and O–H groups in total. The molecule has 0 spiro atoms. The van der Waals surface area contributed by atoms with Gasteiger partial charge in [0.2, 0.25) is 0 Å². The quantitative estimate of drug-likeness (QED) is 0.116. The zero-order valence-electron chi connectivity index (χ0n) is 19.3. The highest BCUT2D eigenvalue weighted by atomic mass is 32.2. The number of carboxylic acids is 1. The van der Waals surface area contributed by atoms with Gasteiger partial charge < -0.3 is 48.7 Å². The fourth-order valence-corrected chi connectivity index (χ4v) is 1.46. The zero-order chi connectivity index (χ0) is 25.9. The SMILES string of the molecule is C.C.CC[N+](C)(C)CC(=O)[O-].CNCS(=O)(=O)[O-].O=P([O-])(O)OCO.[2H]C[N+](C)(C)CC[O-]. The van der Waals surface area contributed by atoms with Crippen LogP contribution in [0, 0.1) is 0 Å². The fraction of sp³-hybridized carbons (Fsp3) is 0.938. The summed E-state index contributed by atoms with van der Waals surface area (Å²) in [4.78, 5) is 27.1. The highest BCUT2D eigenvalue weighted by Gasteiger charge is 2.10.